The lowest BCUT2D eigenvalue weighted by Gasteiger charge is -2.12. The third-order valence-corrected chi connectivity index (χ3v) is 7.59. The monoisotopic (exact) mass is 479 g/mol. The summed E-state index contributed by atoms with van der Waals surface area (Å²) >= 11 is 6.41. The molecule has 0 saturated carbocycles. The van der Waals surface area contributed by atoms with Crippen LogP contribution in [0.25, 0.3) is 33.2 Å². The summed E-state index contributed by atoms with van der Waals surface area (Å²) in [7, 11) is -2.71. The first-order valence-corrected chi connectivity index (χ1v) is 11.8. The highest BCUT2D eigenvalue weighted by Gasteiger charge is 2.27. The van der Waals surface area contributed by atoms with Crippen molar-refractivity contribution in [3.63, 3.8) is 0 Å². The first-order valence-electron chi connectivity index (χ1n) is 9.99. The van der Waals surface area contributed by atoms with Crippen LogP contribution >= 0.6 is 11.6 Å². The Morgan fingerprint density at radius 1 is 1.06 bits per heavy atom. The summed E-state index contributed by atoms with van der Waals surface area (Å²) in [5.74, 6) is -0.485. The van der Waals surface area contributed by atoms with Gasteiger partial charge in [-0.1, -0.05) is 29.3 Å². The van der Waals surface area contributed by atoms with Crippen molar-refractivity contribution in [2.75, 3.05) is 7.11 Å². The predicted molar refractivity (Wildman–Crippen MR) is 127 cm³/mol. The molecular formula is C24H18ClN3O4S. The van der Waals surface area contributed by atoms with Gasteiger partial charge >= 0.3 is 5.97 Å². The van der Waals surface area contributed by atoms with Crippen LogP contribution in [0.3, 0.4) is 0 Å². The zero-order valence-electron chi connectivity index (χ0n) is 17.7. The molecule has 0 amide bonds. The highest BCUT2D eigenvalue weighted by atomic mass is 35.5. The van der Waals surface area contributed by atoms with Gasteiger partial charge in [0.15, 0.2) is 5.65 Å². The van der Waals surface area contributed by atoms with Crippen LogP contribution in [0, 0.1) is 6.92 Å². The number of esters is 1. The Kier molecular flexibility index (Phi) is 4.99. The van der Waals surface area contributed by atoms with Crippen LogP contribution < -0.4 is 0 Å². The zero-order valence-corrected chi connectivity index (χ0v) is 19.2. The molecule has 0 aliphatic rings. The van der Waals surface area contributed by atoms with E-state index in [-0.39, 0.29) is 10.5 Å². The zero-order chi connectivity index (χ0) is 23.3. The maximum atomic E-state index is 13.8. The second-order valence-corrected chi connectivity index (χ2v) is 9.79. The van der Waals surface area contributed by atoms with E-state index >= 15 is 0 Å². The minimum Gasteiger partial charge on any atom is -0.465 e. The van der Waals surface area contributed by atoms with E-state index in [1.165, 1.54) is 17.3 Å². The summed E-state index contributed by atoms with van der Waals surface area (Å²) in [5, 5.41) is 1.55. The molecule has 2 aromatic carbocycles. The number of fused-ring (bicyclic) bond motifs is 2. The van der Waals surface area contributed by atoms with Crippen molar-refractivity contribution in [2.45, 2.75) is 11.8 Å². The van der Waals surface area contributed by atoms with Crippen molar-refractivity contribution in [1.29, 1.82) is 0 Å². The second-order valence-electron chi connectivity index (χ2n) is 7.60. The number of nitrogens with one attached hydrogen (secondary N) is 1. The molecule has 0 aliphatic heterocycles. The number of pyridine rings is 1. The molecule has 3 aromatic heterocycles. The Balaban J connectivity index is 1.84. The van der Waals surface area contributed by atoms with Gasteiger partial charge in [-0.25, -0.2) is 22.2 Å². The number of benzene rings is 2. The number of ether oxygens (including phenoxy) is 1. The third-order valence-electron chi connectivity index (χ3n) is 5.55. The van der Waals surface area contributed by atoms with Crippen molar-refractivity contribution >= 4 is 49.5 Å². The topological polar surface area (TPSA) is 94.1 Å². The quantitative estimate of drug-likeness (QED) is 0.359. The van der Waals surface area contributed by atoms with Gasteiger partial charge in [0.1, 0.15) is 0 Å². The Morgan fingerprint density at radius 2 is 1.82 bits per heavy atom. The molecule has 0 saturated heterocycles. The van der Waals surface area contributed by atoms with E-state index in [1.807, 2.05) is 6.92 Å². The van der Waals surface area contributed by atoms with Crippen molar-refractivity contribution in [2.24, 2.45) is 0 Å². The Bertz CT molecular complexity index is 1650. The second kappa shape index (κ2) is 7.75. The fraction of sp³-hybridized carbons (Fsp3) is 0.0833. The number of carbonyl (C=O) groups excluding carboxylic acids is 1. The molecule has 0 unspecified atom stereocenters. The highest BCUT2D eigenvalue weighted by Crippen LogP contribution is 2.37. The third kappa shape index (κ3) is 3.39. The summed E-state index contributed by atoms with van der Waals surface area (Å²) in [5.41, 5.74) is 3.21. The Labute approximate surface area is 194 Å². The molecule has 33 heavy (non-hydrogen) atoms. The fourth-order valence-electron chi connectivity index (χ4n) is 3.87. The number of H-pyrrole nitrogens is 1. The molecule has 7 nitrogen and oxygen atoms in total. The number of nitrogens with zero attached hydrogens (tertiary/aromatic N) is 2. The first-order chi connectivity index (χ1) is 15.8. The molecule has 5 aromatic rings. The van der Waals surface area contributed by atoms with Gasteiger partial charge < -0.3 is 9.72 Å². The number of rotatable bonds is 4. The highest BCUT2D eigenvalue weighted by molar-refractivity contribution is 7.90. The normalized spacial score (nSPS) is 11.8. The lowest BCUT2D eigenvalue weighted by Crippen LogP contribution is -2.14. The minimum absolute atomic E-state index is 0.128. The summed E-state index contributed by atoms with van der Waals surface area (Å²) in [6, 6.07) is 15.0. The molecule has 0 radical (unpaired) electrons. The van der Waals surface area contributed by atoms with Gasteiger partial charge in [-0.15, -0.1) is 0 Å². The average Bonchev–Trinajstić information content (AvgIpc) is 3.40. The number of carbonyl (C=O) groups is 1. The molecule has 166 valence electrons. The summed E-state index contributed by atoms with van der Waals surface area (Å²) in [6.45, 7) is 1.89. The first kappa shape index (κ1) is 21.2. The van der Waals surface area contributed by atoms with Crippen LogP contribution in [0.15, 0.2) is 71.9 Å². The summed E-state index contributed by atoms with van der Waals surface area (Å²) in [6.07, 6.45) is 3.18. The van der Waals surface area contributed by atoms with Crippen LogP contribution in [0.4, 0.5) is 0 Å². The predicted octanol–water partition coefficient (Wildman–Crippen LogP) is 5.17. The van der Waals surface area contributed by atoms with Crippen LogP contribution in [0.2, 0.25) is 5.02 Å². The average molecular weight is 480 g/mol. The molecule has 0 fully saturated rings. The van der Waals surface area contributed by atoms with Crippen LogP contribution in [-0.2, 0) is 14.8 Å². The van der Waals surface area contributed by atoms with E-state index < -0.39 is 16.0 Å². The van der Waals surface area contributed by atoms with E-state index in [9.17, 15) is 13.2 Å². The van der Waals surface area contributed by atoms with Crippen molar-refractivity contribution < 1.29 is 17.9 Å². The number of methoxy groups -OCH3 is 1. The van der Waals surface area contributed by atoms with Gasteiger partial charge in [-0.05, 0) is 49.4 Å². The molecule has 5 rings (SSSR count). The van der Waals surface area contributed by atoms with E-state index in [0.29, 0.717) is 32.6 Å². The maximum Gasteiger partial charge on any atom is 0.337 e. The SMILES string of the molecule is COC(=O)c1ccc2[nH]cc(-c3cc4c(Cl)ccnc4n3S(=O)(=O)c3ccc(C)cc3)c2c1. The van der Waals surface area contributed by atoms with E-state index in [0.717, 1.165) is 11.1 Å². The van der Waals surface area contributed by atoms with Gasteiger partial charge in [0, 0.05) is 34.2 Å². The number of halogens is 1. The van der Waals surface area contributed by atoms with Crippen LogP contribution in [0.1, 0.15) is 15.9 Å². The number of aryl methyl sites for hydroxylation is 1. The Hall–Kier alpha value is -3.62. The maximum absolute atomic E-state index is 13.8. The Morgan fingerprint density at radius 3 is 2.55 bits per heavy atom. The lowest BCUT2D eigenvalue weighted by atomic mass is 10.1. The fourth-order valence-corrected chi connectivity index (χ4v) is 5.54. The van der Waals surface area contributed by atoms with Crippen LogP contribution in [-0.4, -0.2) is 35.4 Å². The van der Waals surface area contributed by atoms with Gasteiger partial charge in [0.05, 0.1) is 28.3 Å². The van der Waals surface area contributed by atoms with Gasteiger partial charge in [-0.2, -0.15) is 0 Å². The van der Waals surface area contributed by atoms with Crippen molar-refractivity contribution in [3.8, 4) is 11.3 Å². The molecular weight excluding hydrogens is 462 g/mol. The molecule has 1 N–H and O–H groups in total. The van der Waals surface area contributed by atoms with Gasteiger partial charge in [0.2, 0.25) is 0 Å². The summed E-state index contributed by atoms with van der Waals surface area (Å²) < 4.78 is 33.6. The standard InChI is InChI=1S/C24H18ClN3O4S/c1-14-3-6-16(7-4-14)33(30,31)28-22(12-18-20(25)9-10-26-23(18)28)19-13-27-21-8-5-15(11-17(19)21)24(29)32-2/h3-13,27H,1-2H3. The molecule has 3 heterocycles. The van der Waals surface area contributed by atoms with E-state index in [4.69, 9.17) is 16.3 Å². The molecule has 0 spiro atoms. The number of aromatic nitrogens is 3. The van der Waals surface area contributed by atoms with E-state index in [2.05, 4.69) is 9.97 Å². The van der Waals surface area contributed by atoms with Crippen molar-refractivity contribution in [3.05, 3.63) is 83.1 Å². The van der Waals surface area contributed by atoms with Gasteiger partial charge in [0.25, 0.3) is 10.0 Å². The largest absolute Gasteiger partial charge is 0.465 e. The molecule has 0 aliphatic carbocycles. The summed E-state index contributed by atoms with van der Waals surface area (Å²) in [4.78, 5) is 19.7. The lowest BCUT2D eigenvalue weighted by molar-refractivity contribution is 0.0601. The number of aromatic amines is 1. The number of hydrogen-bond donors (Lipinski definition) is 1. The minimum atomic E-state index is -4.02. The number of hydrogen-bond acceptors (Lipinski definition) is 5. The smallest absolute Gasteiger partial charge is 0.337 e. The van der Waals surface area contributed by atoms with Crippen molar-refractivity contribution in [1.82, 2.24) is 13.9 Å². The van der Waals surface area contributed by atoms with Crippen LogP contribution in [0.5, 0.6) is 0 Å². The van der Waals surface area contributed by atoms with Gasteiger partial charge in [-0.3, -0.25) is 0 Å². The molecule has 9 heteroatoms. The molecule has 0 atom stereocenters. The van der Waals surface area contributed by atoms with E-state index in [1.54, 1.807) is 60.8 Å². The molecule has 0 bridgehead atoms.